The monoisotopic (exact) mass is 1220 g/mol. The number of esters is 5. The number of allylic oxidation sites excluding steroid dienone is 3. The van der Waals surface area contributed by atoms with Crippen LogP contribution < -0.4 is 0 Å². The van der Waals surface area contributed by atoms with Gasteiger partial charge in [0.05, 0.1) is 67.1 Å². The van der Waals surface area contributed by atoms with Gasteiger partial charge in [-0.25, -0.2) is 0 Å². The minimum absolute atomic E-state index is 0. The van der Waals surface area contributed by atoms with Crippen LogP contribution in [-0.4, -0.2) is 209 Å². The lowest BCUT2D eigenvalue weighted by Crippen LogP contribution is -2.39. The lowest BCUT2D eigenvalue weighted by atomic mass is 10.1. The molecule has 0 aliphatic carbocycles. The first kappa shape index (κ1) is 90.7. The summed E-state index contributed by atoms with van der Waals surface area (Å²) in [5, 5.41) is 53.5. The van der Waals surface area contributed by atoms with Crippen LogP contribution in [0.15, 0.2) is 37.0 Å². The van der Waals surface area contributed by atoms with Gasteiger partial charge in [0.2, 0.25) is 0 Å². The predicted octanol–water partition coefficient (Wildman–Crippen LogP) is 6.76. The molecule has 5 aliphatic rings. The summed E-state index contributed by atoms with van der Waals surface area (Å²) < 4.78 is 68.5. The molecule has 24 nitrogen and oxygen atoms in total. The molecule has 6 N–H and O–H groups in total. The summed E-state index contributed by atoms with van der Waals surface area (Å²) >= 11 is 0. The minimum atomic E-state index is -0.944. The number of hydrogen-bond donors (Lipinski definition) is 6. The Bertz CT molecular complexity index is 1670. The zero-order chi connectivity index (χ0) is 66.0. The summed E-state index contributed by atoms with van der Waals surface area (Å²) in [5.74, 6) is -0.295. The third-order valence-corrected chi connectivity index (χ3v) is 11.1. The quantitative estimate of drug-likeness (QED) is 0.0528. The van der Waals surface area contributed by atoms with E-state index in [1.165, 1.54) is 34.6 Å². The average Bonchev–Trinajstić information content (AvgIpc) is 4.40. The highest BCUT2D eigenvalue weighted by Crippen LogP contribution is 2.30. The molecule has 0 spiro atoms. The van der Waals surface area contributed by atoms with Crippen LogP contribution in [0.4, 0.5) is 0 Å². The summed E-state index contributed by atoms with van der Waals surface area (Å²) in [6, 6.07) is 0. The Morgan fingerprint density at radius 2 is 0.667 bits per heavy atom. The summed E-state index contributed by atoms with van der Waals surface area (Å²) in [4.78, 5) is 54.6. The van der Waals surface area contributed by atoms with E-state index in [-0.39, 0.29) is 82.6 Å². The van der Waals surface area contributed by atoms with Crippen molar-refractivity contribution in [2.75, 3.05) is 33.0 Å². The van der Waals surface area contributed by atoms with E-state index in [0.717, 1.165) is 6.42 Å². The van der Waals surface area contributed by atoms with E-state index in [1.54, 1.807) is 41.5 Å². The molecule has 5 fully saturated rings. The van der Waals surface area contributed by atoms with Gasteiger partial charge in [-0.1, -0.05) is 96.4 Å². The molecule has 0 amide bonds. The van der Waals surface area contributed by atoms with Crippen molar-refractivity contribution in [2.45, 2.75) is 289 Å². The van der Waals surface area contributed by atoms with Crippen LogP contribution in [0.1, 0.15) is 173 Å². The van der Waals surface area contributed by atoms with E-state index in [4.69, 9.17) is 92.2 Å². The molecule has 0 aromatic heterocycles. The van der Waals surface area contributed by atoms with Crippen molar-refractivity contribution in [1.29, 1.82) is 0 Å². The molecular formula is C60H116O24. The molecular weight excluding hydrogens is 1100 g/mol. The molecule has 0 aromatic rings. The molecule has 0 radical (unpaired) electrons. The SMILES string of the molecule is C.C=C(C)O[C@@H]1C[C@@H](COC(C)=O)O[C@H]1C.C=C(C)O[C@@H]1[C@@H](OC(C)=O)[C@@H](COC(C)=O)O[C@H]1C.C=C(C)O[C@@H]1[C@H](OC(C)=O)[C@@H](COC(C)=O)O[C@H]1C.CC.CC.CC.CC.CC.C[C@@H]1O[C@H](CO)[C@@H](O)[C@H]1O.C[C@@H]1O[C@H](CO)[C@H](O)[C@H]1O. The Morgan fingerprint density at radius 1 is 0.381 bits per heavy atom. The Hall–Kier alpha value is -4.47. The largest absolute Gasteiger partial charge is 0.493 e. The first-order valence-electron chi connectivity index (χ1n) is 28.9. The van der Waals surface area contributed by atoms with Gasteiger partial charge in [-0.15, -0.1) is 0 Å². The van der Waals surface area contributed by atoms with Crippen molar-refractivity contribution in [1.82, 2.24) is 0 Å². The maximum absolute atomic E-state index is 11.2. The van der Waals surface area contributed by atoms with Gasteiger partial charge >= 0.3 is 29.8 Å². The molecule has 84 heavy (non-hydrogen) atoms. The number of aliphatic hydroxyl groups is 6. The highest BCUT2D eigenvalue weighted by atomic mass is 16.7. The highest BCUT2D eigenvalue weighted by molar-refractivity contribution is 5.67. The van der Waals surface area contributed by atoms with Crippen molar-refractivity contribution in [3.63, 3.8) is 0 Å². The molecule has 5 heterocycles. The van der Waals surface area contributed by atoms with Crippen molar-refractivity contribution in [3.8, 4) is 0 Å². The van der Waals surface area contributed by atoms with Gasteiger partial charge in [-0.05, 0) is 55.4 Å². The smallest absolute Gasteiger partial charge is 0.303 e. The van der Waals surface area contributed by atoms with Crippen molar-refractivity contribution >= 4 is 29.8 Å². The second-order valence-corrected chi connectivity index (χ2v) is 18.0. The standard InChI is InChI=1S/2C13H20O6.C11H18O4.2C6H12O4.5C2H6.CH4/c2*1-7(2)17-12-8(3)18-11(6-16-9(4)14)13(12)19-10(5)15;1-7(2)14-11-5-10(15-8(11)3)6-13-9(4)12;2*1-3-5(8)6(9)4(2-7)10-3;5*1-2;/h2*8,11-13H,1,6H2,2-5H3;8,10-11H,1,5-6H2,2-4H3;2*3-9H,2H2,1H3;5*1-2H3;1H4/t8-,11+,12-,13+;8-,11+,12-,13-;8-,10-,11+;3-,4+,5-,6+;3-,4+,5-,6-;;;;;;/m00000....../s1. The number of rotatable bonds is 16. The average molecular weight is 1220 g/mol. The maximum atomic E-state index is 11.2. The van der Waals surface area contributed by atoms with Gasteiger partial charge in [0.1, 0.15) is 74.8 Å². The Morgan fingerprint density at radius 3 is 0.893 bits per heavy atom. The summed E-state index contributed by atoms with van der Waals surface area (Å²) in [6.07, 6.45) is -8.72. The second-order valence-electron chi connectivity index (χ2n) is 18.0. The van der Waals surface area contributed by atoms with Gasteiger partial charge in [-0.2, -0.15) is 0 Å². The van der Waals surface area contributed by atoms with Crippen LogP contribution in [0, 0.1) is 0 Å². The van der Waals surface area contributed by atoms with E-state index in [2.05, 4.69) is 19.7 Å². The minimum Gasteiger partial charge on any atom is -0.493 e. The molecule has 500 valence electrons. The van der Waals surface area contributed by atoms with Crippen molar-refractivity contribution in [3.05, 3.63) is 37.0 Å². The van der Waals surface area contributed by atoms with Crippen LogP contribution >= 0.6 is 0 Å². The Balaban J connectivity index is -0.000000221. The zero-order valence-corrected chi connectivity index (χ0v) is 54.4. The molecule has 5 aliphatic heterocycles. The summed E-state index contributed by atoms with van der Waals surface area (Å²) in [6.45, 7) is 51.6. The molecule has 19 atom stereocenters. The molecule has 0 aromatic carbocycles. The van der Waals surface area contributed by atoms with Crippen LogP contribution in [0.3, 0.4) is 0 Å². The molecule has 24 heteroatoms. The molecule has 0 unspecified atom stereocenters. The topological polar surface area (TPSA) is 327 Å². The number of ether oxygens (including phenoxy) is 13. The van der Waals surface area contributed by atoms with E-state index in [9.17, 15) is 24.0 Å². The summed E-state index contributed by atoms with van der Waals surface area (Å²) in [5.41, 5.74) is 0. The number of aliphatic hydroxyl groups excluding tert-OH is 6. The van der Waals surface area contributed by atoms with Gasteiger partial charge < -0.3 is 92.2 Å². The van der Waals surface area contributed by atoms with Crippen molar-refractivity contribution < 1.29 is 116 Å². The Kier molecular flexibility index (Phi) is 55.9. The molecule has 0 bridgehead atoms. The third-order valence-electron chi connectivity index (χ3n) is 11.1. The zero-order valence-electron chi connectivity index (χ0n) is 54.4. The normalized spacial score (nSPS) is 30.6. The molecule has 5 saturated heterocycles. The number of carbonyl (C=O) groups is 5. The number of hydrogen-bond acceptors (Lipinski definition) is 24. The van der Waals surface area contributed by atoms with E-state index in [1.807, 2.05) is 83.1 Å². The number of carbonyl (C=O) groups excluding carboxylic acids is 5. The van der Waals surface area contributed by atoms with Crippen LogP contribution in [0.2, 0.25) is 0 Å². The van der Waals surface area contributed by atoms with E-state index in [0.29, 0.717) is 23.9 Å². The van der Waals surface area contributed by atoms with E-state index < -0.39 is 97.1 Å². The molecule has 5 rings (SSSR count). The second kappa shape index (κ2) is 51.7. The molecule has 0 saturated carbocycles. The highest BCUT2D eigenvalue weighted by Gasteiger charge is 2.48. The Labute approximate surface area is 503 Å². The van der Waals surface area contributed by atoms with Crippen LogP contribution in [0.25, 0.3) is 0 Å². The van der Waals surface area contributed by atoms with Gasteiger partial charge in [0.15, 0.2) is 24.4 Å². The van der Waals surface area contributed by atoms with Gasteiger partial charge in [0, 0.05) is 41.0 Å². The predicted molar refractivity (Wildman–Crippen MR) is 318 cm³/mol. The fourth-order valence-electron chi connectivity index (χ4n) is 7.73. The fraction of sp³-hybridized carbons (Fsp3) is 0.817. The first-order chi connectivity index (χ1) is 38.9. The first-order valence-corrected chi connectivity index (χ1v) is 28.9. The van der Waals surface area contributed by atoms with E-state index >= 15 is 0 Å². The fourth-order valence-corrected chi connectivity index (χ4v) is 7.73. The van der Waals surface area contributed by atoms with Crippen LogP contribution in [-0.2, 0) is 85.6 Å². The third kappa shape index (κ3) is 37.2. The maximum Gasteiger partial charge on any atom is 0.303 e. The van der Waals surface area contributed by atoms with Crippen LogP contribution in [0.5, 0.6) is 0 Å². The van der Waals surface area contributed by atoms with Gasteiger partial charge in [0.25, 0.3) is 0 Å². The summed E-state index contributed by atoms with van der Waals surface area (Å²) in [7, 11) is 0. The van der Waals surface area contributed by atoms with Gasteiger partial charge in [-0.3, -0.25) is 24.0 Å². The lowest BCUT2D eigenvalue weighted by molar-refractivity contribution is -0.159. The van der Waals surface area contributed by atoms with Crippen molar-refractivity contribution in [2.24, 2.45) is 0 Å². The lowest BCUT2D eigenvalue weighted by Gasteiger charge is -2.23.